The minimum absolute atomic E-state index is 0.0103. The molecule has 0 aliphatic rings. The van der Waals surface area contributed by atoms with Gasteiger partial charge in [0.25, 0.3) is 0 Å². The lowest BCUT2D eigenvalue weighted by Crippen LogP contribution is -2.45. The van der Waals surface area contributed by atoms with E-state index in [4.69, 9.17) is 0 Å². The van der Waals surface area contributed by atoms with Crippen LogP contribution in [-0.4, -0.2) is 46.1 Å². The summed E-state index contributed by atoms with van der Waals surface area (Å²) in [6.45, 7) is 4.23. The lowest BCUT2D eigenvalue weighted by molar-refractivity contribution is -0.124. The van der Waals surface area contributed by atoms with E-state index < -0.39 is 18.2 Å². The van der Waals surface area contributed by atoms with Crippen molar-refractivity contribution in [3.8, 4) is 0 Å². The fraction of sp³-hybridized carbons (Fsp3) is 0.907. The number of aliphatic hydroxyl groups excluding tert-OH is 3. The minimum atomic E-state index is -0.949. The number of unbranched alkanes of at least 4 members (excludes halogenated alkanes) is 38. The second-order valence-electron chi connectivity index (χ2n) is 18.5. The molecule has 0 aromatic carbocycles. The van der Waals surface area contributed by atoms with E-state index in [0.29, 0.717) is 6.42 Å². The van der Waals surface area contributed by atoms with E-state index in [0.717, 1.165) is 32.1 Å². The first-order chi connectivity index (χ1) is 29.0. The van der Waals surface area contributed by atoms with Crippen LogP contribution < -0.4 is 5.32 Å². The SMILES string of the molecule is CCCCCCCCCCCCCC/C=C/CC/C=C/C(O)C(CO)NC(=O)CC(O)CCCCCCCCCCCCCCCCCCCCCCCCCCCC. The summed E-state index contributed by atoms with van der Waals surface area (Å²) >= 11 is 0. The molecule has 1 amide bonds. The molecule has 0 rings (SSSR count). The normalized spacial score (nSPS) is 13.5. The standard InChI is InChI=1S/C54H105NO4/c1-3-5-7-9-11-13-15-17-19-21-23-24-25-26-27-28-29-30-31-33-35-37-39-41-43-45-47-51(57)49-54(59)55-52(50-56)53(58)48-46-44-42-40-38-36-34-32-22-20-18-16-14-12-10-8-6-4-2/h38,40,46,48,51-53,56-58H,3-37,39,41-45,47,49-50H2,1-2H3,(H,55,59)/b40-38+,48-46+. The maximum absolute atomic E-state index is 12.5. The smallest absolute Gasteiger partial charge is 0.222 e. The monoisotopic (exact) mass is 832 g/mol. The molecule has 3 unspecified atom stereocenters. The summed E-state index contributed by atoms with van der Waals surface area (Å²) in [6.07, 6.45) is 62.2. The molecule has 350 valence electrons. The van der Waals surface area contributed by atoms with Gasteiger partial charge in [-0.2, -0.15) is 0 Å². The maximum Gasteiger partial charge on any atom is 0.222 e. The average Bonchev–Trinajstić information content (AvgIpc) is 3.23. The molecule has 0 heterocycles. The molecule has 0 aromatic rings. The Morgan fingerprint density at radius 3 is 1.08 bits per heavy atom. The number of hydrogen-bond acceptors (Lipinski definition) is 4. The van der Waals surface area contributed by atoms with E-state index in [9.17, 15) is 20.1 Å². The predicted molar refractivity (Wildman–Crippen MR) is 259 cm³/mol. The molecule has 0 aliphatic carbocycles. The van der Waals surface area contributed by atoms with Crippen LogP contribution in [0, 0.1) is 0 Å². The van der Waals surface area contributed by atoms with E-state index in [2.05, 4.69) is 31.3 Å². The van der Waals surface area contributed by atoms with E-state index in [1.54, 1.807) is 6.08 Å². The van der Waals surface area contributed by atoms with Crippen LogP contribution in [0.25, 0.3) is 0 Å². The molecule has 5 nitrogen and oxygen atoms in total. The third-order valence-electron chi connectivity index (χ3n) is 12.5. The second kappa shape index (κ2) is 49.5. The number of aliphatic hydroxyl groups is 3. The zero-order chi connectivity index (χ0) is 43.0. The lowest BCUT2D eigenvalue weighted by atomic mass is 10.0. The zero-order valence-corrected chi connectivity index (χ0v) is 39.9. The molecule has 0 bridgehead atoms. The van der Waals surface area contributed by atoms with Crippen LogP contribution in [0.3, 0.4) is 0 Å². The minimum Gasteiger partial charge on any atom is -0.394 e. The first-order valence-corrected chi connectivity index (χ1v) is 26.6. The first-order valence-electron chi connectivity index (χ1n) is 26.6. The predicted octanol–water partition coefficient (Wildman–Crippen LogP) is 16.1. The van der Waals surface area contributed by atoms with Gasteiger partial charge in [0, 0.05) is 0 Å². The van der Waals surface area contributed by atoms with Crippen LogP contribution in [0.5, 0.6) is 0 Å². The first kappa shape index (κ1) is 57.8. The third kappa shape index (κ3) is 46.2. The van der Waals surface area contributed by atoms with Gasteiger partial charge < -0.3 is 20.6 Å². The summed E-state index contributed by atoms with van der Waals surface area (Å²) in [5, 5.41) is 33.4. The van der Waals surface area contributed by atoms with Crippen LogP contribution in [0.2, 0.25) is 0 Å². The van der Waals surface area contributed by atoms with Crippen molar-refractivity contribution < 1.29 is 20.1 Å². The maximum atomic E-state index is 12.5. The molecule has 0 radical (unpaired) electrons. The van der Waals surface area contributed by atoms with Crippen LogP contribution in [0.15, 0.2) is 24.3 Å². The average molecular weight is 832 g/mol. The van der Waals surface area contributed by atoms with Gasteiger partial charge in [-0.25, -0.2) is 0 Å². The Morgan fingerprint density at radius 1 is 0.424 bits per heavy atom. The van der Waals surface area contributed by atoms with Crippen molar-refractivity contribution in [2.45, 2.75) is 308 Å². The molecular formula is C54H105NO4. The number of nitrogens with one attached hydrogen (secondary N) is 1. The molecule has 0 saturated heterocycles. The summed E-state index contributed by atoms with van der Waals surface area (Å²) in [7, 11) is 0. The number of amides is 1. The lowest BCUT2D eigenvalue weighted by Gasteiger charge is -2.21. The summed E-state index contributed by atoms with van der Waals surface area (Å²) < 4.78 is 0. The van der Waals surface area contributed by atoms with Gasteiger partial charge in [0.2, 0.25) is 5.91 Å². The molecule has 0 aliphatic heterocycles. The molecular weight excluding hydrogens is 727 g/mol. The van der Waals surface area contributed by atoms with Gasteiger partial charge in [0.1, 0.15) is 0 Å². The van der Waals surface area contributed by atoms with E-state index in [1.807, 2.05) is 6.08 Å². The fourth-order valence-electron chi connectivity index (χ4n) is 8.42. The highest BCUT2D eigenvalue weighted by Gasteiger charge is 2.20. The molecule has 0 aromatic heterocycles. The fourth-order valence-corrected chi connectivity index (χ4v) is 8.42. The van der Waals surface area contributed by atoms with E-state index in [1.165, 1.54) is 231 Å². The van der Waals surface area contributed by atoms with Crippen molar-refractivity contribution in [1.82, 2.24) is 5.32 Å². The van der Waals surface area contributed by atoms with Crippen LogP contribution in [0.4, 0.5) is 0 Å². The van der Waals surface area contributed by atoms with Crippen molar-refractivity contribution >= 4 is 5.91 Å². The van der Waals surface area contributed by atoms with Crippen molar-refractivity contribution in [3.63, 3.8) is 0 Å². The van der Waals surface area contributed by atoms with E-state index in [-0.39, 0.29) is 18.9 Å². The topological polar surface area (TPSA) is 89.8 Å². The highest BCUT2D eigenvalue weighted by molar-refractivity contribution is 5.76. The molecule has 0 spiro atoms. The van der Waals surface area contributed by atoms with Crippen LogP contribution >= 0.6 is 0 Å². The Labute approximate surface area is 369 Å². The largest absolute Gasteiger partial charge is 0.394 e. The van der Waals surface area contributed by atoms with Gasteiger partial charge in [-0.05, 0) is 32.1 Å². The summed E-state index contributed by atoms with van der Waals surface area (Å²) in [5.74, 6) is -0.320. The second-order valence-corrected chi connectivity index (χ2v) is 18.5. The quantitative estimate of drug-likeness (QED) is 0.0363. The van der Waals surface area contributed by atoms with Crippen LogP contribution in [0.1, 0.15) is 290 Å². The molecule has 0 saturated carbocycles. The Hall–Kier alpha value is -1.17. The van der Waals surface area contributed by atoms with Gasteiger partial charge in [-0.3, -0.25) is 4.79 Å². The Balaban J connectivity index is 3.57. The van der Waals surface area contributed by atoms with Gasteiger partial charge in [-0.1, -0.05) is 276 Å². The van der Waals surface area contributed by atoms with Crippen LogP contribution in [-0.2, 0) is 4.79 Å². The highest BCUT2D eigenvalue weighted by atomic mass is 16.3. The Morgan fingerprint density at radius 2 is 0.729 bits per heavy atom. The van der Waals surface area contributed by atoms with Gasteiger partial charge in [-0.15, -0.1) is 0 Å². The summed E-state index contributed by atoms with van der Waals surface area (Å²) in [5.41, 5.74) is 0. The van der Waals surface area contributed by atoms with Gasteiger partial charge in [0.15, 0.2) is 0 Å². The Kier molecular flexibility index (Phi) is 48.5. The Bertz CT molecular complexity index is 874. The number of rotatable bonds is 49. The molecule has 4 N–H and O–H groups in total. The van der Waals surface area contributed by atoms with Crippen molar-refractivity contribution in [3.05, 3.63) is 24.3 Å². The molecule has 3 atom stereocenters. The number of allylic oxidation sites excluding steroid dienone is 3. The molecule has 5 heteroatoms. The summed E-state index contributed by atoms with van der Waals surface area (Å²) in [4.78, 5) is 12.5. The number of hydrogen-bond donors (Lipinski definition) is 4. The zero-order valence-electron chi connectivity index (χ0n) is 39.9. The van der Waals surface area contributed by atoms with Gasteiger partial charge in [0.05, 0.1) is 31.3 Å². The highest BCUT2D eigenvalue weighted by Crippen LogP contribution is 2.17. The van der Waals surface area contributed by atoms with Crippen molar-refractivity contribution in [2.75, 3.05) is 6.61 Å². The van der Waals surface area contributed by atoms with Crippen molar-refractivity contribution in [2.24, 2.45) is 0 Å². The number of carbonyl (C=O) groups excluding carboxylic acids is 1. The third-order valence-corrected chi connectivity index (χ3v) is 12.5. The number of carbonyl (C=O) groups is 1. The molecule has 59 heavy (non-hydrogen) atoms. The summed E-state index contributed by atoms with van der Waals surface area (Å²) in [6, 6.07) is -0.758. The molecule has 0 fully saturated rings. The van der Waals surface area contributed by atoms with Gasteiger partial charge >= 0.3 is 0 Å². The van der Waals surface area contributed by atoms with E-state index >= 15 is 0 Å². The van der Waals surface area contributed by atoms with Crippen molar-refractivity contribution in [1.29, 1.82) is 0 Å².